The van der Waals surface area contributed by atoms with Gasteiger partial charge in [-0.1, -0.05) is 0 Å². The number of phosphoric ester groups is 1. The molecule has 0 amide bonds. The summed E-state index contributed by atoms with van der Waals surface area (Å²) in [6, 6.07) is 0. The van der Waals surface area contributed by atoms with E-state index in [1.54, 1.807) is 0 Å². The van der Waals surface area contributed by atoms with Gasteiger partial charge in [-0.15, -0.1) is 0 Å². The zero-order chi connectivity index (χ0) is 19.2. The number of hydrogen-bond acceptors (Lipinski definition) is 10. The second kappa shape index (κ2) is 6.90. The fourth-order valence-corrected chi connectivity index (χ4v) is 3.28. The lowest BCUT2D eigenvalue weighted by molar-refractivity contribution is -0.0504. The number of hydrogen-bond donors (Lipinski definition) is 5. The Morgan fingerprint density at radius 3 is 2.69 bits per heavy atom. The average Bonchev–Trinajstić information content (AvgIpc) is 3.08. The first-order valence-electron chi connectivity index (χ1n) is 7.13. The molecule has 1 aliphatic heterocycles. The molecule has 5 atom stereocenters. The number of aliphatic hydroxyl groups is 2. The number of phosphoric acid groups is 1. The number of imidazole rings is 1. The number of fused-ring (bicyclic) bond motifs is 1. The van der Waals surface area contributed by atoms with Crippen molar-refractivity contribution < 1.29 is 38.0 Å². The Labute approximate surface area is 148 Å². The Morgan fingerprint density at radius 1 is 1.38 bits per heavy atom. The van der Waals surface area contributed by atoms with Crippen molar-refractivity contribution in [1.29, 1.82) is 0 Å². The predicted molar refractivity (Wildman–Crippen MR) is 86.0 cm³/mol. The topological polar surface area (TPSA) is 203 Å². The van der Waals surface area contributed by atoms with Crippen LogP contribution in [0.1, 0.15) is 6.23 Å². The molecule has 1 aliphatic rings. The molecular formula is C11H16N5O8PS. The van der Waals surface area contributed by atoms with Crippen LogP contribution in [-0.4, -0.2) is 74.9 Å². The van der Waals surface area contributed by atoms with Gasteiger partial charge in [0.15, 0.2) is 17.7 Å². The molecule has 26 heavy (non-hydrogen) atoms. The molecule has 0 aromatic carbocycles. The third kappa shape index (κ3) is 3.63. The van der Waals surface area contributed by atoms with Crippen LogP contribution in [0.3, 0.4) is 0 Å². The van der Waals surface area contributed by atoms with Gasteiger partial charge in [0.1, 0.15) is 23.8 Å². The monoisotopic (exact) mass is 409 g/mol. The Bertz CT molecular complexity index is 902. The molecule has 2 unspecified atom stereocenters. The molecule has 3 rings (SSSR count). The minimum absolute atomic E-state index is 0.0200. The average molecular weight is 409 g/mol. The van der Waals surface area contributed by atoms with E-state index < -0.39 is 49.8 Å². The highest BCUT2D eigenvalue weighted by Gasteiger charge is 2.45. The summed E-state index contributed by atoms with van der Waals surface area (Å²) in [6.45, 7) is -0.646. The van der Waals surface area contributed by atoms with Crippen molar-refractivity contribution in [3.05, 3.63) is 6.33 Å². The summed E-state index contributed by atoms with van der Waals surface area (Å²) in [4.78, 5) is 29.5. The Balaban J connectivity index is 1.93. The van der Waals surface area contributed by atoms with Gasteiger partial charge < -0.3 is 30.5 Å². The largest absolute Gasteiger partial charge is 0.469 e. The molecule has 6 N–H and O–H groups in total. The lowest BCUT2D eigenvalue weighted by Gasteiger charge is -2.16. The first kappa shape index (κ1) is 19.3. The molecule has 3 heterocycles. The first-order chi connectivity index (χ1) is 12.1. The Hall–Kier alpha value is -1.51. The molecule has 13 nitrogen and oxygen atoms in total. The van der Waals surface area contributed by atoms with E-state index in [0.717, 1.165) is 0 Å². The van der Waals surface area contributed by atoms with Crippen molar-refractivity contribution >= 4 is 35.6 Å². The van der Waals surface area contributed by atoms with Crippen LogP contribution in [0, 0.1) is 0 Å². The van der Waals surface area contributed by atoms with E-state index >= 15 is 0 Å². The lowest BCUT2D eigenvalue weighted by Crippen LogP contribution is -2.33. The van der Waals surface area contributed by atoms with Crippen LogP contribution in [0.2, 0.25) is 0 Å². The highest BCUT2D eigenvalue weighted by molar-refractivity contribution is 7.84. The van der Waals surface area contributed by atoms with Gasteiger partial charge in [0, 0.05) is 6.26 Å². The van der Waals surface area contributed by atoms with Crippen molar-refractivity contribution in [2.24, 2.45) is 0 Å². The maximum absolute atomic E-state index is 11.6. The van der Waals surface area contributed by atoms with Crippen molar-refractivity contribution in [2.45, 2.75) is 29.7 Å². The summed E-state index contributed by atoms with van der Waals surface area (Å²) in [5.74, 6) is -0.0200. The van der Waals surface area contributed by atoms with Crippen LogP contribution in [0.15, 0.2) is 11.5 Å². The van der Waals surface area contributed by atoms with Crippen molar-refractivity contribution in [1.82, 2.24) is 19.5 Å². The summed E-state index contributed by atoms with van der Waals surface area (Å²) in [5.41, 5.74) is 6.07. The van der Waals surface area contributed by atoms with Crippen molar-refractivity contribution in [2.75, 3.05) is 18.6 Å². The summed E-state index contributed by atoms with van der Waals surface area (Å²) in [6.07, 6.45) is -2.74. The highest BCUT2D eigenvalue weighted by atomic mass is 32.2. The highest BCUT2D eigenvalue weighted by Crippen LogP contribution is 2.38. The van der Waals surface area contributed by atoms with Gasteiger partial charge >= 0.3 is 7.82 Å². The molecule has 144 valence electrons. The van der Waals surface area contributed by atoms with Gasteiger partial charge in [-0.2, -0.15) is 0 Å². The molecule has 0 aliphatic carbocycles. The van der Waals surface area contributed by atoms with Crippen molar-refractivity contribution in [3.63, 3.8) is 0 Å². The van der Waals surface area contributed by atoms with E-state index in [9.17, 15) is 19.0 Å². The molecule has 2 aromatic heterocycles. The zero-order valence-electron chi connectivity index (χ0n) is 13.2. The van der Waals surface area contributed by atoms with Crippen LogP contribution in [0.5, 0.6) is 0 Å². The van der Waals surface area contributed by atoms with E-state index in [-0.39, 0.29) is 22.1 Å². The maximum atomic E-state index is 11.6. The van der Waals surface area contributed by atoms with E-state index in [1.807, 2.05) is 0 Å². The molecule has 0 saturated carbocycles. The van der Waals surface area contributed by atoms with Crippen LogP contribution >= 0.6 is 7.82 Å². The lowest BCUT2D eigenvalue weighted by atomic mass is 10.1. The summed E-state index contributed by atoms with van der Waals surface area (Å²) >= 11 is 0. The third-order valence-electron chi connectivity index (χ3n) is 3.70. The number of aromatic nitrogens is 4. The molecule has 1 saturated heterocycles. The number of nitrogen functional groups attached to an aromatic ring is 1. The first-order valence-corrected chi connectivity index (χ1v) is 10.2. The second-order valence-corrected chi connectivity index (χ2v) is 8.01. The molecule has 0 spiro atoms. The second-order valence-electron chi connectivity index (χ2n) is 5.50. The molecule has 0 bridgehead atoms. The fraction of sp³-hybridized carbons (Fsp3) is 0.545. The zero-order valence-corrected chi connectivity index (χ0v) is 14.9. The number of nitrogens with two attached hydrogens (primary N) is 1. The minimum Gasteiger partial charge on any atom is -0.387 e. The van der Waals surface area contributed by atoms with Crippen LogP contribution in [0.4, 0.5) is 5.82 Å². The molecule has 0 radical (unpaired) electrons. The molecule has 15 heteroatoms. The normalized spacial score (nSPS) is 27.9. The standard InChI is InChI=1S/C11H16N5O8PS/c1-26(22)11-14-8(12)5-9(15-11)16(3-13-5)10-7(18)6(17)4(24-10)2-23-25(19,20)21/h3-4,6-7,10,17-18H,2H2,1H3,(H2,12,14,15)(H2,19,20,21)/t4-,6-,7-,10?,26?/m1/s1. The quantitative estimate of drug-likeness (QED) is 0.265. The molecule has 1 fully saturated rings. The number of ether oxygens (including phenoxy) is 1. The predicted octanol–water partition coefficient (Wildman–Crippen LogP) is -2.13. The van der Waals surface area contributed by atoms with Crippen LogP contribution in [0.25, 0.3) is 11.2 Å². The van der Waals surface area contributed by atoms with Gasteiger partial charge in [0.05, 0.1) is 23.7 Å². The van der Waals surface area contributed by atoms with Gasteiger partial charge in [-0.3, -0.25) is 13.3 Å². The van der Waals surface area contributed by atoms with E-state index in [1.165, 1.54) is 17.2 Å². The third-order valence-corrected chi connectivity index (χ3v) is 4.89. The molecular weight excluding hydrogens is 393 g/mol. The Morgan fingerprint density at radius 2 is 2.08 bits per heavy atom. The van der Waals surface area contributed by atoms with Crippen LogP contribution in [-0.2, 0) is 24.6 Å². The number of aliphatic hydroxyl groups excluding tert-OH is 2. The van der Waals surface area contributed by atoms with E-state index in [0.29, 0.717) is 0 Å². The number of anilines is 1. The summed E-state index contributed by atoms with van der Waals surface area (Å²) < 4.78 is 33.5. The smallest absolute Gasteiger partial charge is 0.387 e. The Kier molecular flexibility index (Phi) is 5.11. The summed E-state index contributed by atoms with van der Waals surface area (Å²) in [5, 5.41) is 20.2. The minimum atomic E-state index is -4.77. The van der Waals surface area contributed by atoms with Gasteiger partial charge in [0.25, 0.3) is 0 Å². The number of rotatable bonds is 5. The maximum Gasteiger partial charge on any atom is 0.469 e. The van der Waals surface area contributed by atoms with E-state index in [4.69, 9.17) is 20.3 Å². The SMILES string of the molecule is CS(=O)c1nc(N)c2ncn(C3O[C@H](COP(=O)(O)O)[C@@H](O)[C@H]3O)c2n1. The van der Waals surface area contributed by atoms with Gasteiger partial charge in [-0.05, 0) is 0 Å². The molecule has 2 aromatic rings. The van der Waals surface area contributed by atoms with Gasteiger partial charge in [0.2, 0.25) is 5.16 Å². The van der Waals surface area contributed by atoms with Crippen molar-refractivity contribution in [3.8, 4) is 0 Å². The summed E-state index contributed by atoms with van der Waals surface area (Å²) in [7, 11) is -6.30. The number of nitrogens with zero attached hydrogens (tertiary/aromatic N) is 4. The fourth-order valence-electron chi connectivity index (χ4n) is 2.50. The van der Waals surface area contributed by atoms with Crippen LogP contribution < -0.4 is 5.73 Å². The van der Waals surface area contributed by atoms with Gasteiger partial charge in [-0.25, -0.2) is 19.5 Å². The van der Waals surface area contributed by atoms with E-state index in [2.05, 4.69) is 19.5 Å².